The zero-order valence-electron chi connectivity index (χ0n) is 13.7. The summed E-state index contributed by atoms with van der Waals surface area (Å²) in [7, 11) is 0. The van der Waals surface area contributed by atoms with Crippen molar-refractivity contribution in [2.75, 3.05) is 26.2 Å². The lowest BCUT2D eigenvalue weighted by Gasteiger charge is -2.48. The average Bonchev–Trinajstić information content (AvgIpc) is 2.96. The van der Waals surface area contributed by atoms with Crippen molar-refractivity contribution in [1.29, 1.82) is 0 Å². The molecule has 2 saturated heterocycles. The topological polar surface area (TPSA) is 66.4 Å². The van der Waals surface area contributed by atoms with Crippen LogP contribution in [0.1, 0.15) is 37.2 Å². The standard InChI is InChI=1S/C17H22N4O2/c1-16(2)7-12(16)14(22)21-10-17(11-21)3-6-20(9-17)15(23)13-8-18-4-5-19-13/h4-5,8,12H,3,6-7,9-11H2,1-2H3/t12-/m1/s1. The smallest absolute Gasteiger partial charge is 0.274 e. The number of aromatic nitrogens is 2. The summed E-state index contributed by atoms with van der Waals surface area (Å²) in [5.74, 6) is 0.459. The summed E-state index contributed by atoms with van der Waals surface area (Å²) < 4.78 is 0. The van der Waals surface area contributed by atoms with Crippen molar-refractivity contribution in [2.24, 2.45) is 16.7 Å². The van der Waals surface area contributed by atoms with Gasteiger partial charge in [-0.15, -0.1) is 0 Å². The van der Waals surface area contributed by atoms with Gasteiger partial charge in [0, 0.05) is 49.9 Å². The van der Waals surface area contributed by atoms with Crippen molar-refractivity contribution in [2.45, 2.75) is 26.7 Å². The molecule has 3 heterocycles. The SMILES string of the molecule is CC1(C)C[C@@H]1C(=O)N1CC2(CCN(C(=O)c3cnccn3)C2)C1. The predicted octanol–water partition coefficient (Wildman–Crippen LogP) is 1.20. The first kappa shape index (κ1) is 14.6. The van der Waals surface area contributed by atoms with Gasteiger partial charge < -0.3 is 9.80 Å². The molecule has 23 heavy (non-hydrogen) atoms. The van der Waals surface area contributed by atoms with Crippen LogP contribution >= 0.6 is 0 Å². The minimum Gasteiger partial charge on any atom is -0.341 e. The molecule has 3 fully saturated rings. The van der Waals surface area contributed by atoms with E-state index < -0.39 is 0 Å². The van der Waals surface area contributed by atoms with Gasteiger partial charge in [-0.05, 0) is 18.3 Å². The molecule has 6 heteroatoms. The third kappa shape index (κ3) is 2.40. The fourth-order valence-corrected chi connectivity index (χ4v) is 3.97. The number of carbonyl (C=O) groups excluding carboxylic acids is 2. The van der Waals surface area contributed by atoms with Crippen molar-refractivity contribution < 1.29 is 9.59 Å². The first-order valence-corrected chi connectivity index (χ1v) is 8.24. The molecule has 6 nitrogen and oxygen atoms in total. The highest BCUT2D eigenvalue weighted by Crippen LogP contribution is 2.54. The van der Waals surface area contributed by atoms with E-state index in [1.165, 1.54) is 6.20 Å². The summed E-state index contributed by atoms with van der Waals surface area (Å²) in [6.07, 6.45) is 6.60. The Hall–Kier alpha value is -1.98. The van der Waals surface area contributed by atoms with Gasteiger partial charge in [-0.25, -0.2) is 4.98 Å². The summed E-state index contributed by atoms with van der Waals surface area (Å²) in [4.78, 5) is 36.7. The van der Waals surface area contributed by atoms with E-state index in [1.54, 1.807) is 12.4 Å². The second kappa shape index (κ2) is 4.76. The third-order valence-electron chi connectivity index (χ3n) is 5.68. The van der Waals surface area contributed by atoms with Gasteiger partial charge in [0.2, 0.25) is 5.91 Å². The van der Waals surface area contributed by atoms with Gasteiger partial charge in [0.25, 0.3) is 5.91 Å². The van der Waals surface area contributed by atoms with Crippen molar-refractivity contribution in [3.63, 3.8) is 0 Å². The van der Waals surface area contributed by atoms with Crippen molar-refractivity contribution in [3.05, 3.63) is 24.3 Å². The largest absolute Gasteiger partial charge is 0.341 e. The van der Waals surface area contributed by atoms with Gasteiger partial charge in [0.15, 0.2) is 0 Å². The Labute approximate surface area is 135 Å². The molecule has 0 bridgehead atoms. The summed E-state index contributed by atoms with van der Waals surface area (Å²) in [5.41, 5.74) is 0.687. The first-order valence-electron chi connectivity index (χ1n) is 8.24. The Bertz CT molecular complexity index is 652. The molecule has 0 unspecified atom stereocenters. The molecule has 2 aliphatic heterocycles. The number of rotatable bonds is 2. The normalized spacial score (nSPS) is 27.0. The summed E-state index contributed by atoms with van der Waals surface area (Å²) >= 11 is 0. The van der Waals surface area contributed by atoms with E-state index in [1.807, 2.05) is 9.80 Å². The molecule has 1 aromatic heterocycles. The molecule has 4 rings (SSSR count). The lowest BCUT2D eigenvalue weighted by molar-refractivity contribution is -0.144. The van der Waals surface area contributed by atoms with E-state index in [4.69, 9.17) is 0 Å². The Morgan fingerprint density at radius 2 is 1.87 bits per heavy atom. The Balaban J connectivity index is 1.35. The number of nitrogens with zero attached hydrogens (tertiary/aromatic N) is 4. The van der Waals surface area contributed by atoms with Gasteiger partial charge in [-0.2, -0.15) is 0 Å². The second-order valence-electron chi connectivity index (χ2n) is 8.01. The first-order chi connectivity index (χ1) is 10.9. The third-order valence-corrected chi connectivity index (χ3v) is 5.68. The molecule has 2 amide bonds. The van der Waals surface area contributed by atoms with Crippen LogP contribution in [0.4, 0.5) is 0 Å². The summed E-state index contributed by atoms with van der Waals surface area (Å²) in [6.45, 7) is 7.36. The van der Waals surface area contributed by atoms with Crippen LogP contribution in [-0.2, 0) is 4.79 Å². The highest BCUT2D eigenvalue weighted by molar-refractivity contribution is 5.92. The lowest BCUT2D eigenvalue weighted by Crippen LogP contribution is -2.60. The van der Waals surface area contributed by atoms with Gasteiger partial charge in [-0.1, -0.05) is 13.8 Å². The molecule has 1 atom stereocenters. The molecule has 1 aliphatic carbocycles. The van der Waals surface area contributed by atoms with Crippen LogP contribution in [0.3, 0.4) is 0 Å². The molecule has 0 aromatic carbocycles. The molecule has 0 N–H and O–H groups in total. The van der Waals surface area contributed by atoms with E-state index in [2.05, 4.69) is 23.8 Å². The van der Waals surface area contributed by atoms with Gasteiger partial charge in [0.1, 0.15) is 5.69 Å². The zero-order chi connectivity index (χ0) is 16.2. The molecular weight excluding hydrogens is 292 g/mol. The predicted molar refractivity (Wildman–Crippen MR) is 83.5 cm³/mol. The molecule has 122 valence electrons. The van der Waals surface area contributed by atoms with Crippen LogP contribution in [0, 0.1) is 16.7 Å². The second-order valence-corrected chi connectivity index (χ2v) is 8.01. The highest BCUT2D eigenvalue weighted by Gasteiger charge is 2.57. The van der Waals surface area contributed by atoms with Crippen LogP contribution in [0.25, 0.3) is 0 Å². The number of likely N-dealkylation sites (tertiary alicyclic amines) is 2. The van der Waals surface area contributed by atoms with E-state index in [0.29, 0.717) is 11.6 Å². The van der Waals surface area contributed by atoms with Gasteiger partial charge >= 0.3 is 0 Å². The molecule has 0 radical (unpaired) electrons. The molecule has 1 saturated carbocycles. The number of hydrogen-bond donors (Lipinski definition) is 0. The van der Waals surface area contributed by atoms with Crippen LogP contribution < -0.4 is 0 Å². The van der Waals surface area contributed by atoms with Crippen molar-refractivity contribution in [1.82, 2.24) is 19.8 Å². The maximum Gasteiger partial charge on any atom is 0.274 e. The average molecular weight is 314 g/mol. The summed E-state index contributed by atoms with van der Waals surface area (Å²) in [6, 6.07) is 0. The molecule has 1 spiro atoms. The lowest BCUT2D eigenvalue weighted by atomic mass is 9.78. The van der Waals surface area contributed by atoms with Crippen LogP contribution in [0.2, 0.25) is 0 Å². The van der Waals surface area contributed by atoms with E-state index in [0.717, 1.165) is 39.0 Å². The fraction of sp³-hybridized carbons (Fsp3) is 0.647. The zero-order valence-corrected chi connectivity index (χ0v) is 13.7. The Morgan fingerprint density at radius 3 is 2.48 bits per heavy atom. The maximum absolute atomic E-state index is 12.4. The molecular formula is C17H22N4O2. The number of amides is 2. The van der Waals surface area contributed by atoms with E-state index in [9.17, 15) is 9.59 Å². The van der Waals surface area contributed by atoms with E-state index >= 15 is 0 Å². The van der Waals surface area contributed by atoms with Crippen molar-refractivity contribution in [3.8, 4) is 0 Å². The van der Waals surface area contributed by atoms with Gasteiger partial charge in [0.05, 0.1) is 6.20 Å². The van der Waals surface area contributed by atoms with E-state index in [-0.39, 0.29) is 22.7 Å². The summed E-state index contributed by atoms with van der Waals surface area (Å²) in [5, 5.41) is 0. The fourth-order valence-electron chi connectivity index (χ4n) is 3.97. The highest BCUT2D eigenvalue weighted by atomic mass is 16.2. The minimum absolute atomic E-state index is 0.0527. The number of hydrogen-bond acceptors (Lipinski definition) is 4. The quantitative estimate of drug-likeness (QED) is 0.822. The van der Waals surface area contributed by atoms with Crippen LogP contribution in [0.15, 0.2) is 18.6 Å². The Kier molecular flexibility index (Phi) is 3.02. The van der Waals surface area contributed by atoms with Gasteiger partial charge in [-0.3, -0.25) is 14.6 Å². The number of carbonyl (C=O) groups is 2. The maximum atomic E-state index is 12.4. The molecule has 1 aromatic rings. The monoisotopic (exact) mass is 314 g/mol. The van der Waals surface area contributed by atoms with Crippen molar-refractivity contribution >= 4 is 11.8 Å². The molecule has 3 aliphatic rings. The Morgan fingerprint density at radius 1 is 1.17 bits per heavy atom. The van der Waals surface area contributed by atoms with Crippen LogP contribution in [0.5, 0.6) is 0 Å². The van der Waals surface area contributed by atoms with Crippen LogP contribution in [-0.4, -0.2) is 57.8 Å². The minimum atomic E-state index is -0.0527.